The van der Waals surface area contributed by atoms with E-state index in [9.17, 15) is 0 Å². The van der Waals surface area contributed by atoms with E-state index in [-0.39, 0.29) is 5.41 Å². The second kappa shape index (κ2) is 10.5. The van der Waals surface area contributed by atoms with Gasteiger partial charge in [-0.05, 0) is 107 Å². The number of nitrogens with one attached hydrogen (secondary N) is 1. The van der Waals surface area contributed by atoms with Gasteiger partial charge in [0.2, 0.25) is 0 Å². The van der Waals surface area contributed by atoms with Gasteiger partial charge >= 0.3 is 0 Å². The molecule has 0 atom stereocenters. The van der Waals surface area contributed by atoms with E-state index >= 15 is 0 Å². The lowest BCUT2D eigenvalue weighted by Crippen LogP contribution is -2.16. The Morgan fingerprint density at radius 1 is 0.551 bits per heavy atom. The minimum absolute atomic E-state index is 0.152. The molecule has 1 aliphatic heterocycles. The third kappa shape index (κ3) is 4.17. The summed E-state index contributed by atoms with van der Waals surface area (Å²) in [5.41, 5.74) is 13.5. The Hall–Kier alpha value is -5.99. The Morgan fingerprint density at radius 2 is 1.14 bits per heavy atom. The molecule has 0 fully saturated rings. The molecule has 10 rings (SSSR count). The van der Waals surface area contributed by atoms with Gasteiger partial charge in [-0.3, -0.25) is 0 Å². The Kier molecular flexibility index (Phi) is 6.02. The highest BCUT2D eigenvalue weighted by molar-refractivity contribution is 6.26. The zero-order valence-corrected chi connectivity index (χ0v) is 27.6. The number of aromatic nitrogens is 1. The average molecular weight is 627 g/mol. The van der Waals surface area contributed by atoms with E-state index in [0.717, 1.165) is 17.8 Å². The van der Waals surface area contributed by atoms with Crippen molar-refractivity contribution >= 4 is 48.8 Å². The van der Waals surface area contributed by atoms with Crippen LogP contribution in [0.25, 0.3) is 82.3 Å². The van der Waals surface area contributed by atoms with Crippen LogP contribution in [0.1, 0.15) is 30.5 Å². The third-order valence-electron chi connectivity index (χ3n) is 10.9. The Morgan fingerprint density at radius 3 is 1.88 bits per heavy atom. The number of allylic oxidation sites excluding steroid dienone is 2. The predicted molar refractivity (Wildman–Crippen MR) is 208 cm³/mol. The number of dihydropyridines is 1. The minimum atomic E-state index is -0.152. The fourth-order valence-corrected chi connectivity index (χ4v) is 8.51. The van der Waals surface area contributed by atoms with E-state index < -0.39 is 0 Å². The maximum atomic E-state index is 5.24. The molecule has 232 valence electrons. The van der Waals surface area contributed by atoms with E-state index in [1.165, 1.54) is 87.8 Å². The quantitative estimate of drug-likeness (QED) is 0.197. The highest BCUT2D eigenvalue weighted by Crippen LogP contribution is 2.53. The molecule has 0 amide bonds. The predicted octanol–water partition coefficient (Wildman–Crippen LogP) is 11.8. The van der Waals surface area contributed by atoms with Crippen LogP contribution < -0.4 is 5.32 Å². The van der Waals surface area contributed by atoms with Gasteiger partial charge in [0, 0.05) is 22.9 Å². The van der Waals surface area contributed by atoms with E-state index in [4.69, 9.17) is 4.98 Å². The lowest BCUT2D eigenvalue weighted by molar-refractivity contribution is 0.662. The molecule has 7 aromatic carbocycles. The lowest BCUT2D eigenvalue weighted by atomic mass is 9.78. The topological polar surface area (TPSA) is 24.9 Å². The summed E-state index contributed by atoms with van der Waals surface area (Å²) in [7, 11) is 0. The molecule has 0 saturated carbocycles. The van der Waals surface area contributed by atoms with Crippen LogP contribution in [0.3, 0.4) is 0 Å². The normalized spacial score (nSPS) is 14.6. The minimum Gasteiger partial charge on any atom is -0.387 e. The van der Waals surface area contributed by atoms with Crippen molar-refractivity contribution in [1.29, 1.82) is 0 Å². The largest absolute Gasteiger partial charge is 0.387 e. The Bertz CT molecular complexity index is 2710. The average Bonchev–Trinajstić information content (AvgIpc) is 3.39. The van der Waals surface area contributed by atoms with Gasteiger partial charge in [-0.25, -0.2) is 4.98 Å². The summed E-state index contributed by atoms with van der Waals surface area (Å²) >= 11 is 0. The zero-order valence-electron chi connectivity index (χ0n) is 27.6. The smallest absolute Gasteiger partial charge is 0.0759 e. The highest BCUT2D eigenvalue weighted by Gasteiger charge is 2.39. The zero-order chi connectivity index (χ0) is 32.7. The summed E-state index contributed by atoms with van der Waals surface area (Å²) in [6.45, 7) is 5.54. The van der Waals surface area contributed by atoms with Crippen LogP contribution in [0.2, 0.25) is 0 Å². The molecule has 2 heteroatoms. The van der Waals surface area contributed by atoms with Gasteiger partial charge in [0.05, 0.1) is 11.2 Å². The molecule has 2 aliphatic rings. The van der Waals surface area contributed by atoms with E-state index in [0.29, 0.717) is 0 Å². The second-order valence-corrected chi connectivity index (χ2v) is 14.0. The van der Waals surface area contributed by atoms with Gasteiger partial charge in [-0.15, -0.1) is 0 Å². The summed E-state index contributed by atoms with van der Waals surface area (Å²) in [6, 6.07) is 49.4. The molecule has 2 nitrogen and oxygen atoms in total. The molecule has 8 aromatic rings. The molecule has 49 heavy (non-hydrogen) atoms. The fourth-order valence-electron chi connectivity index (χ4n) is 8.51. The summed E-state index contributed by atoms with van der Waals surface area (Å²) in [6.07, 6.45) is 6.30. The van der Waals surface area contributed by atoms with Crippen LogP contribution in [0.15, 0.2) is 152 Å². The van der Waals surface area contributed by atoms with E-state index in [1.54, 1.807) is 0 Å². The van der Waals surface area contributed by atoms with Crippen LogP contribution in [-0.2, 0) is 5.41 Å². The van der Waals surface area contributed by atoms with Crippen LogP contribution in [0, 0.1) is 0 Å². The SMILES string of the molecule is CC1(C)c2ccccc2-c2nc3ccccc3c(-c3ccc(-c4ccc5c6ccc(C7=CC=CNC7)cc6c6ccccc6c5c4)cc3)c21. The van der Waals surface area contributed by atoms with Crippen LogP contribution >= 0.6 is 0 Å². The van der Waals surface area contributed by atoms with Crippen molar-refractivity contribution in [2.45, 2.75) is 19.3 Å². The summed E-state index contributed by atoms with van der Waals surface area (Å²) in [5, 5.41) is 12.3. The standard InChI is InChI=1S/C47H34N2/c1-47(2)42-15-7-5-13-38(42)46-45(47)44(39-14-6-8-16-43(39)49-46)30-19-17-29(18-20-30)31-21-23-36-37-24-22-32(33-10-9-25-48-28-33)27-41(37)35-12-4-3-11-34(35)40(36)26-31/h3-27,48H,28H2,1-2H3. The van der Waals surface area contributed by atoms with Crippen molar-refractivity contribution in [3.8, 4) is 33.5 Å². The number of hydrogen-bond acceptors (Lipinski definition) is 2. The number of pyridine rings is 1. The Balaban J connectivity index is 1.12. The first-order valence-electron chi connectivity index (χ1n) is 17.2. The maximum Gasteiger partial charge on any atom is 0.0759 e. The van der Waals surface area contributed by atoms with Gasteiger partial charge in [-0.2, -0.15) is 0 Å². The molecule has 0 spiro atoms. The third-order valence-corrected chi connectivity index (χ3v) is 10.9. The van der Waals surface area contributed by atoms with Crippen LogP contribution in [0.5, 0.6) is 0 Å². The molecule has 0 bridgehead atoms. The molecule has 0 unspecified atom stereocenters. The Labute approximate surface area is 286 Å². The van der Waals surface area contributed by atoms with Crippen molar-refractivity contribution in [3.05, 3.63) is 169 Å². The molecule has 1 aromatic heterocycles. The monoisotopic (exact) mass is 626 g/mol. The molecular weight excluding hydrogens is 593 g/mol. The molecule has 0 saturated heterocycles. The number of hydrogen-bond donors (Lipinski definition) is 1. The van der Waals surface area contributed by atoms with Crippen molar-refractivity contribution in [1.82, 2.24) is 10.3 Å². The molecule has 1 N–H and O–H groups in total. The van der Waals surface area contributed by atoms with Gasteiger partial charge in [0.15, 0.2) is 0 Å². The number of benzene rings is 7. The lowest BCUT2D eigenvalue weighted by Gasteiger charge is -2.25. The van der Waals surface area contributed by atoms with Crippen molar-refractivity contribution in [2.24, 2.45) is 0 Å². The summed E-state index contributed by atoms with van der Waals surface area (Å²) < 4.78 is 0. The highest BCUT2D eigenvalue weighted by atomic mass is 14.8. The van der Waals surface area contributed by atoms with Crippen molar-refractivity contribution in [3.63, 3.8) is 0 Å². The van der Waals surface area contributed by atoms with E-state index in [2.05, 4.69) is 165 Å². The van der Waals surface area contributed by atoms with Gasteiger partial charge < -0.3 is 5.32 Å². The maximum absolute atomic E-state index is 5.24. The molecular formula is C47H34N2. The van der Waals surface area contributed by atoms with Gasteiger partial charge in [0.1, 0.15) is 0 Å². The summed E-state index contributed by atoms with van der Waals surface area (Å²) in [5.74, 6) is 0. The first-order chi connectivity index (χ1) is 24.1. The number of rotatable bonds is 3. The fraction of sp³-hybridized carbons (Fsp3) is 0.0851. The molecule has 0 radical (unpaired) electrons. The first-order valence-corrected chi connectivity index (χ1v) is 17.2. The molecule has 1 aliphatic carbocycles. The van der Waals surface area contributed by atoms with Gasteiger partial charge in [-0.1, -0.05) is 135 Å². The van der Waals surface area contributed by atoms with Gasteiger partial charge in [0.25, 0.3) is 0 Å². The number of nitrogens with zero attached hydrogens (tertiary/aromatic N) is 1. The first kappa shape index (κ1) is 28.1. The van der Waals surface area contributed by atoms with Crippen LogP contribution in [-0.4, -0.2) is 11.5 Å². The molecule has 2 heterocycles. The summed E-state index contributed by atoms with van der Waals surface area (Å²) in [4.78, 5) is 5.24. The number of fused-ring (bicyclic) bond motifs is 10. The second-order valence-electron chi connectivity index (χ2n) is 14.0. The van der Waals surface area contributed by atoms with Crippen LogP contribution in [0.4, 0.5) is 0 Å². The van der Waals surface area contributed by atoms with E-state index in [1.807, 2.05) is 6.20 Å². The van der Waals surface area contributed by atoms with Crippen molar-refractivity contribution in [2.75, 3.05) is 6.54 Å². The number of para-hydroxylation sites is 1. The van der Waals surface area contributed by atoms with Crippen molar-refractivity contribution < 1.29 is 0 Å².